The average molecular weight is 280 g/mol. The number of sulfonamides is 1. The van der Waals surface area contributed by atoms with Crippen molar-refractivity contribution >= 4 is 10.0 Å². The summed E-state index contributed by atoms with van der Waals surface area (Å²) in [5.74, 6) is -4.14. The van der Waals surface area contributed by atoms with Gasteiger partial charge in [0.15, 0.2) is 11.6 Å². The molecule has 0 spiro atoms. The van der Waals surface area contributed by atoms with Gasteiger partial charge in [-0.3, -0.25) is 0 Å². The number of hydrogen-bond donors (Lipinski definition) is 1. The molecule has 1 unspecified atom stereocenters. The van der Waals surface area contributed by atoms with E-state index in [4.69, 9.17) is 5.73 Å². The van der Waals surface area contributed by atoms with Crippen LogP contribution in [0.15, 0.2) is 17.0 Å². The first-order valence-electron chi connectivity index (χ1n) is 5.22. The zero-order chi connectivity index (χ0) is 13.5. The lowest BCUT2D eigenvalue weighted by molar-refractivity contribution is 0.454. The van der Waals surface area contributed by atoms with Gasteiger partial charge in [0.2, 0.25) is 10.0 Å². The molecule has 1 heterocycles. The minimum atomic E-state index is -4.17. The number of benzene rings is 1. The van der Waals surface area contributed by atoms with E-state index in [1.54, 1.807) is 0 Å². The third-order valence-electron chi connectivity index (χ3n) is 2.78. The molecule has 0 aliphatic carbocycles. The van der Waals surface area contributed by atoms with Crippen molar-refractivity contribution in [3.05, 3.63) is 29.6 Å². The minimum Gasteiger partial charge on any atom is -0.326 e. The molecular weight excluding hydrogens is 269 g/mol. The summed E-state index contributed by atoms with van der Waals surface area (Å²) in [7, 11) is -4.17. The summed E-state index contributed by atoms with van der Waals surface area (Å²) in [6.45, 7) is 0.183. The fourth-order valence-corrected chi connectivity index (χ4v) is 3.38. The molecule has 1 aromatic rings. The number of rotatable bonds is 2. The van der Waals surface area contributed by atoms with E-state index in [2.05, 4.69) is 0 Å². The summed E-state index contributed by atoms with van der Waals surface area (Å²) >= 11 is 0. The van der Waals surface area contributed by atoms with Crippen LogP contribution >= 0.6 is 0 Å². The van der Waals surface area contributed by atoms with Gasteiger partial charge in [-0.2, -0.15) is 4.31 Å². The van der Waals surface area contributed by atoms with Crippen LogP contribution in [-0.4, -0.2) is 31.9 Å². The van der Waals surface area contributed by atoms with Gasteiger partial charge in [-0.05, 0) is 12.5 Å². The van der Waals surface area contributed by atoms with Crippen molar-refractivity contribution in [2.75, 3.05) is 13.1 Å². The van der Waals surface area contributed by atoms with E-state index < -0.39 is 32.4 Å². The molecule has 100 valence electrons. The molecule has 1 atom stereocenters. The Labute approximate surface area is 102 Å². The van der Waals surface area contributed by atoms with Crippen molar-refractivity contribution in [3.63, 3.8) is 0 Å². The molecule has 0 saturated carbocycles. The summed E-state index contributed by atoms with van der Waals surface area (Å²) in [4.78, 5) is -0.865. The van der Waals surface area contributed by atoms with Gasteiger partial charge in [0.25, 0.3) is 0 Å². The van der Waals surface area contributed by atoms with Crippen molar-refractivity contribution in [1.29, 1.82) is 0 Å². The van der Waals surface area contributed by atoms with Crippen molar-refractivity contribution in [2.45, 2.75) is 17.4 Å². The Kier molecular flexibility index (Phi) is 3.35. The third-order valence-corrected chi connectivity index (χ3v) is 4.66. The maximum absolute atomic E-state index is 13.4. The van der Waals surface area contributed by atoms with E-state index in [-0.39, 0.29) is 25.2 Å². The second-order valence-corrected chi connectivity index (χ2v) is 6.01. The zero-order valence-corrected chi connectivity index (χ0v) is 10.1. The predicted octanol–water partition coefficient (Wildman–Crippen LogP) is 0.826. The van der Waals surface area contributed by atoms with Gasteiger partial charge in [-0.1, -0.05) is 0 Å². The molecule has 0 bridgehead atoms. The topological polar surface area (TPSA) is 63.4 Å². The van der Waals surface area contributed by atoms with E-state index >= 15 is 0 Å². The van der Waals surface area contributed by atoms with Crippen molar-refractivity contribution in [3.8, 4) is 0 Å². The Morgan fingerprint density at radius 2 is 1.78 bits per heavy atom. The van der Waals surface area contributed by atoms with E-state index in [1.807, 2.05) is 0 Å². The first kappa shape index (κ1) is 13.3. The fraction of sp³-hybridized carbons (Fsp3) is 0.400. The molecule has 1 fully saturated rings. The molecule has 4 nitrogen and oxygen atoms in total. The van der Waals surface area contributed by atoms with Gasteiger partial charge in [0.05, 0.1) is 0 Å². The summed E-state index contributed by atoms with van der Waals surface area (Å²) < 4.78 is 64.2. The molecule has 1 aliphatic rings. The second kappa shape index (κ2) is 4.52. The van der Waals surface area contributed by atoms with Crippen LogP contribution in [-0.2, 0) is 10.0 Å². The molecule has 2 rings (SSSR count). The van der Waals surface area contributed by atoms with Crippen molar-refractivity contribution in [2.24, 2.45) is 5.73 Å². The molecule has 0 radical (unpaired) electrons. The van der Waals surface area contributed by atoms with Gasteiger partial charge in [0.1, 0.15) is 10.7 Å². The molecule has 18 heavy (non-hydrogen) atoms. The highest BCUT2D eigenvalue weighted by Gasteiger charge is 2.33. The van der Waals surface area contributed by atoms with Crippen LogP contribution < -0.4 is 5.73 Å². The Balaban J connectivity index is 2.45. The highest BCUT2D eigenvalue weighted by Crippen LogP contribution is 2.24. The van der Waals surface area contributed by atoms with Crippen molar-refractivity contribution in [1.82, 2.24) is 4.31 Å². The maximum Gasteiger partial charge on any atom is 0.246 e. The van der Waals surface area contributed by atoms with Crippen LogP contribution in [0, 0.1) is 17.5 Å². The molecule has 2 N–H and O–H groups in total. The number of hydrogen-bond acceptors (Lipinski definition) is 3. The van der Waals surface area contributed by atoms with Crippen LogP contribution in [0.2, 0.25) is 0 Å². The Morgan fingerprint density at radius 1 is 1.17 bits per heavy atom. The summed E-state index contributed by atoms with van der Waals surface area (Å²) in [5, 5.41) is 0. The van der Waals surface area contributed by atoms with E-state index in [1.165, 1.54) is 0 Å². The summed E-state index contributed by atoms with van der Waals surface area (Å²) in [5.41, 5.74) is 5.56. The number of halogens is 3. The minimum absolute atomic E-state index is 0.0424. The van der Waals surface area contributed by atoms with Gasteiger partial charge < -0.3 is 5.73 Å². The Hall–Kier alpha value is -1.12. The lowest BCUT2D eigenvalue weighted by Gasteiger charge is -2.16. The van der Waals surface area contributed by atoms with Gasteiger partial charge in [-0.15, -0.1) is 0 Å². The average Bonchev–Trinajstić information content (AvgIpc) is 2.70. The van der Waals surface area contributed by atoms with Crippen molar-refractivity contribution < 1.29 is 21.6 Å². The van der Waals surface area contributed by atoms with Gasteiger partial charge in [0, 0.05) is 25.2 Å². The van der Waals surface area contributed by atoms with Crippen LogP contribution in [0.4, 0.5) is 13.2 Å². The molecular formula is C10H11F3N2O2S. The van der Waals surface area contributed by atoms with Crippen LogP contribution in [0.25, 0.3) is 0 Å². The first-order chi connectivity index (χ1) is 8.32. The van der Waals surface area contributed by atoms with Crippen LogP contribution in [0.3, 0.4) is 0 Å². The predicted molar refractivity (Wildman–Crippen MR) is 57.7 cm³/mol. The fourth-order valence-electron chi connectivity index (χ4n) is 1.81. The van der Waals surface area contributed by atoms with Gasteiger partial charge >= 0.3 is 0 Å². The lowest BCUT2D eigenvalue weighted by atomic mass is 10.3. The number of nitrogens with two attached hydrogens (primary N) is 1. The SMILES string of the molecule is NC1CCN(S(=O)(=O)c2cc(F)c(F)cc2F)C1. The smallest absolute Gasteiger partial charge is 0.246 e. The lowest BCUT2D eigenvalue weighted by Crippen LogP contribution is -2.32. The van der Waals surface area contributed by atoms with Crippen LogP contribution in [0.1, 0.15) is 6.42 Å². The first-order valence-corrected chi connectivity index (χ1v) is 6.66. The zero-order valence-electron chi connectivity index (χ0n) is 9.24. The molecule has 1 aliphatic heterocycles. The summed E-state index contributed by atoms with van der Waals surface area (Å²) in [6, 6.07) is 0.246. The Morgan fingerprint density at radius 3 is 2.33 bits per heavy atom. The highest BCUT2D eigenvalue weighted by atomic mass is 32.2. The number of nitrogens with zero attached hydrogens (tertiary/aromatic N) is 1. The largest absolute Gasteiger partial charge is 0.326 e. The molecule has 1 saturated heterocycles. The van der Waals surface area contributed by atoms with Gasteiger partial charge in [-0.25, -0.2) is 21.6 Å². The van der Waals surface area contributed by atoms with E-state index in [0.717, 1.165) is 4.31 Å². The standard InChI is InChI=1S/C10H11F3N2O2S/c11-7-3-9(13)10(4-8(7)12)18(16,17)15-2-1-6(14)5-15/h3-4,6H,1-2,5,14H2. The monoisotopic (exact) mass is 280 g/mol. The summed E-state index contributed by atoms with van der Waals surface area (Å²) in [6.07, 6.45) is 0.449. The highest BCUT2D eigenvalue weighted by molar-refractivity contribution is 7.89. The normalized spacial score (nSPS) is 21.4. The molecule has 0 amide bonds. The second-order valence-electron chi connectivity index (χ2n) is 4.11. The van der Waals surface area contributed by atoms with E-state index in [9.17, 15) is 21.6 Å². The third kappa shape index (κ3) is 2.23. The van der Waals surface area contributed by atoms with E-state index in [0.29, 0.717) is 12.5 Å². The molecule has 0 aromatic heterocycles. The molecule has 8 heteroatoms. The maximum atomic E-state index is 13.4. The quantitative estimate of drug-likeness (QED) is 0.816. The Bertz CT molecular complexity index is 577. The molecule has 1 aromatic carbocycles. The van der Waals surface area contributed by atoms with Crippen LogP contribution in [0.5, 0.6) is 0 Å².